The van der Waals surface area contributed by atoms with Gasteiger partial charge in [0.15, 0.2) is 0 Å². The second kappa shape index (κ2) is 6.57. The number of benzene rings is 1. The third-order valence-corrected chi connectivity index (χ3v) is 6.12. The molecule has 0 radical (unpaired) electrons. The fourth-order valence-electron chi connectivity index (χ4n) is 2.52. The molecule has 2 rings (SSSR count). The predicted molar refractivity (Wildman–Crippen MR) is 81.0 cm³/mol. The number of nitrogens with zero attached hydrogens (tertiary/aromatic N) is 1. The summed E-state index contributed by atoms with van der Waals surface area (Å²) in [4.78, 5) is 0.340. The molecule has 0 spiro atoms. The second-order valence-corrected chi connectivity index (χ2v) is 7.88. The minimum Gasteiger partial charge on any atom is -0.207 e. The van der Waals surface area contributed by atoms with Crippen LogP contribution in [0.25, 0.3) is 0 Å². The molecule has 6 heteroatoms. The topological polar surface area (TPSA) is 37.4 Å². The van der Waals surface area contributed by atoms with Crippen molar-refractivity contribution in [2.45, 2.75) is 36.6 Å². The minimum atomic E-state index is -3.44. The van der Waals surface area contributed by atoms with E-state index in [4.69, 9.17) is 11.6 Å². The molecule has 0 aliphatic heterocycles. The Balaban J connectivity index is 2.30. The highest BCUT2D eigenvalue weighted by Gasteiger charge is 2.32. The lowest BCUT2D eigenvalue weighted by Gasteiger charge is -2.27. The van der Waals surface area contributed by atoms with Crippen LogP contribution in [0.5, 0.6) is 0 Å². The average Bonchev–Trinajstić information content (AvgIpc) is 2.89. The van der Waals surface area contributed by atoms with Gasteiger partial charge in [-0.25, -0.2) is 8.42 Å². The van der Waals surface area contributed by atoms with E-state index in [1.807, 2.05) is 0 Å². The van der Waals surface area contributed by atoms with Gasteiger partial charge in [0, 0.05) is 22.9 Å². The molecule has 0 amide bonds. The van der Waals surface area contributed by atoms with E-state index < -0.39 is 10.0 Å². The summed E-state index contributed by atoms with van der Waals surface area (Å²) in [5.41, 5.74) is 0. The van der Waals surface area contributed by atoms with Gasteiger partial charge >= 0.3 is 0 Å². The highest BCUT2D eigenvalue weighted by atomic mass is 79.9. The van der Waals surface area contributed by atoms with E-state index in [0.29, 0.717) is 17.3 Å². The lowest BCUT2D eigenvalue weighted by molar-refractivity contribution is 0.337. The van der Waals surface area contributed by atoms with Crippen molar-refractivity contribution in [2.75, 3.05) is 12.4 Å². The number of alkyl halides is 1. The first kappa shape index (κ1) is 15.3. The monoisotopic (exact) mass is 365 g/mol. The molecular weight excluding hydrogens is 350 g/mol. The molecule has 1 aromatic carbocycles. The summed E-state index contributed by atoms with van der Waals surface area (Å²) >= 11 is 9.10. The van der Waals surface area contributed by atoms with Gasteiger partial charge in [-0.2, -0.15) is 4.31 Å². The van der Waals surface area contributed by atoms with Gasteiger partial charge in [0.1, 0.15) is 0 Å². The Morgan fingerprint density at radius 2 is 1.79 bits per heavy atom. The van der Waals surface area contributed by atoms with Gasteiger partial charge in [0.2, 0.25) is 10.0 Å². The Kier molecular flexibility index (Phi) is 5.29. The summed E-state index contributed by atoms with van der Waals surface area (Å²) in [7, 11) is -3.44. The maximum Gasteiger partial charge on any atom is 0.243 e. The van der Waals surface area contributed by atoms with Crippen molar-refractivity contribution in [3.05, 3.63) is 28.7 Å². The van der Waals surface area contributed by atoms with Crippen LogP contribution >= 0.6 is 27.5 Å². The summed E-state index contributed by atoms with van der Waals surface area (Å²) in [6.45, 7) is 0.380. The van der Waals surface area contributed by atoms with E-state index in [-0.39, 0.29) is 6.04 Å². The zero-order valence-electron chi connectivity index (χ0n) is 10.6. The van der Waals surface area contributed by atoms with Gasteiger partial charge in [0.05, 0.1) is 4.90 Å². The van der Waals surface area contributed by atoms with E-state index >= 15 is 0 Å². The third kappa shape index (κ3) is 3.51. The molecule has 1 fully saturated rings. The zero-order valence-corrected chi connectivity index (χ0v) is 13.7. The second-order valence-electron chi connectivity index (χ2n) is 4.70. The van der Waals surface area contributed by atoms with E-state index in [0.717, 1.165) is 30.2 Å². The summed E-state index contributed by atoms with van der Waals surface area (Å²) in [5, 5.41) is 0. The lowest BCUT2D eigenvalue weighted by Crippen LogP contribution is -2.40. The van der Waals surface area contributed by atoms with Crippen LogP contribution in [0.1, 0.15) is 25.7 Å². The van der Waals surface area contributed by atoms with E-state index in [1.165, 1.54) is 0 Å². The van der Waals surface area contributed by atoms with Crippen LogP contribution in [-0.2, 0) is 10.0 Å². The molecule has 0 heterocycles. The summed E-state index contributed by atoms with van der Waals surface area (Å²) in [6.07, 6.45) is 4.07. The van der Waals surface area contributed by atoms with Gasteiger partial charge in [-0.1, -0.05) is 28.8 Å². The number of sulfonamides is 1. The van der Waals surface area contributed by atoms with Crippen molar-refractivity contribution < 1.29 is 8.42 Å². The third-order valence-electron chi connectivity index (χ3n) is 3.46. The molecule has 19 heavy (non-hydrogen) atoms. The van der Waals surface area contributed by atoms with Crippen molar-refractivity contribution in [1.29, 1.82) is 0 Å². The smallest absolute Gasteiger partial charge is 0.207 e. The van der Waals surface area contributed by atoms with E-state index in [9.17, 15) is 8.42 Å². The van der Waals surface area contributed by atoms with Crippen LogP contribution in [0.4, 0.5) is 0 Å². The number of hydrogen-bond acceptors (Lipinski definition) is 2. The highest BCUT2D eigenvalue weighted by Crippen LogP contribution is 2.29. The van der Waals surface area contributed by atoms with E-state index in [2.05, 4.69) is 15.9 Å². The number of rotatable bonds is 5. The van der Waals surface area contributed by atoms with Crippen LogP contribution in [0.15, 0.2) is 33.6 Å². The van der Waals surface area contributed by atoms with Crippen molar-refractivity contribution in [1.82, 2.24) is 4.31 Å². The van der Waals surface area contributed by atoms with Crippen LogP contribution in [-0.4, -0.2) is 31.2 Å². The Morgan fingerprint density at radius 3 is 2.32 bits per heavy atom. The zero-order chi connectivity index (χ0) is 13.9. The molecular formula is C13H17BrClNO2S. The average molecular weight is 367 g/mol. The molecule has 0 unspecified atom stereocenters. The predicted octanol–water partition coefficient (Wildman–Crippen LogP) is 3.62. The molecule has 0 aromatic heterocycles. The largest absolute Gasteiger partial charge is 0.243 e. The molecule has 0 bridgehead atoms. The molecule has 0 N–H and O–H groups in total. The van der Waals surface area contributed by atoms with Crippen LogP contribution < -0.4 is 0 Å². The SMILES string of the molecule is O=S(=O)(c1ccc(Br)cc1)N(CCCl)C1CCCC1. The molecule has 0 saturated heterocycles. The van der Waals surface area contributed by atoms with Crippen molar-refractivity contribution >= 4 is 37.6 Å². The molecule has 1 aliphatic carbocycles. The quantitative estimate of drug-likeness (QED) is 0.746. The first-order valence-electron chi connectivity index (χ1n) is 6.39. The van der Waals surface area contributed by atoms with Crippen molar-refractivity contribution in [3.8, 4) is 0 Å². The fraction of sp³-hybridized carbons (Fsp3) is 0.538. The highest BCUT2D eigenvalue weighted by molar-refractivity contribution is 9.10. The first-order chi connectivity index (χ1) is 9.05. The maximum absolute atomic E-state index is 12.7. The van der Waals surface area contributed by atoms with Crippen molar-refractivity contribution in [3.63, 3.8) is 0 Å². The van der Waals surface area contributed by atoms with E-state index in [1.54, 1.807) is 28.6 Å². The normalized spacial score (nSPS) is 17.2. The van der Waals surface area contributed by atoms with Crippen LogP contribution in [0.2, 0.25) is 0 Å². The summed E-state index contributed by atoms with van der Waals surface area (Å²) in [5.74, 6) is 0.326. The maximum atomic E-state index is 12.7. The Morgan fingerprint density at radius 1 is 1.21 bits per heavy atom. The molecule has 1 aliphatic rings. The number of hydrogen-bond donors (Lipinski definition) is 0. The molecule has 1 aromatic rings. The van der Waals surface area contributed by atoms with Crippen LogP contribution in [0.3, 0.4) is 0 Å². The van der Waals surface area contributed by atoms with Crippen LogP contribution in [0, 0.1) is 0 Å². The van der Waals surface area contributed by atoms with Gasteiger partial charge in [-0.05, 0) is 37.1 Å². The van der Waals surface area contributed by atoms with Gasteiger partial charge < -0.3 is 0 Å². The standard InChI is InChI=1S/C13H17BrClNO2S/c14-11-5-7-13(8-6-11)19(17,18)16(10-9-15)12-3-1-2-4-12/h5-8,12H,1-4,9-10H2. The number of halogens is 2. The van der Waals surface area contributed by atoms with Crippen molar-refractivity contribution in [2.24, 2.45) is 0 Å². The molecule has 0 atom stereocenters. The lowest BCUT2D eigenvalue weighted by atomic mass is 10.2. The van der Waals surface area contributed by atoms with Gasteiger partial charge in [0.25, 0.3) is 0 Å². The minimum absolute atomic E-state index is 0.104. The summed E-state index contributed by atoms with van der Waals surface area (Å²) in [6, 6.07) is 6.87. The fourth-order valence-corrected chi connectivity index (χ4v) is 4.75. The molecule has 3 nitrogen and oxygen atoms in total. The van der Waals surface area contributed by atoms with Gasteiger partial charge in [-0.15, -0.1) is 11.6 Å². The Bertz CT molecular complexity index is 512. The summed E-state index contributed by atoms with van der Waals surface area (Å²) < 4.78 is 27.8. The Hall–Kier alpha value is -0.100. The first-order valence-corrected chi connectivity index (χ1v) is 9.16. The molecule has 106 valence electrons. The van der Waals surface area contributed by atoms with Gasteiger partial charge in [-0.3, -0.25) is 0 Å². The Labute approximate surface area is 128 Å². The molecule has 1 saturated carbocycles.